The average molecular weight is 450 g/mol. The molecule has 33 heavy (non-hydrogen) atoms. The van der Waals surface area contributed by atoms with E-state index in [0.29, 0.717) is 24.8 Å². The SMILES string of the molecule is COc1ccc(-n2ccc(C(=O)Nc3cc4c(cc3N3CCOCC3)OC(C)(C)C4)n2)cn1. The fraction of sp³-hybridized carbons (Fsp3) is 0.375. The Morgan fingerprint density at radius 1 is 1.18 bits per heavy atom. The van der Waals surface area contributed by atoms with Crippen LogP contribution in [0.3, 0.4) is 0 Å². The molecule has 3 aromatic rings. The van der Waals surface area contributed by atoms with Crippen LogP contribution in [0.4, 0.5) is 11.4 Å². The summed E-state index contributed by atoms with van der Waals surface area (Å²) < 4.78 is 18.4. The predicted molar refractivity (Wildman–Crippen MR) is 124 cm³/mol. The van der Waals surface area contributed by atoms with E-state index in [9.17, 15) is 4.79 Å². The summed E-state index contributed by atoms with van der Waals surface area (Å²) in [6, 6.07) is 9.33. The van der Waals surface area contributed by atoms with Crippen LogP contribution in [0.1, 0.15) is 29.9 Å². The highest BCUT2D eigenvalue weighted by molar-refractivity contribution is 6.05. The van der Waals surface area contributed by atoms with Gasteiger partial charge in [0, 0.05) is 43.4 Å². The smallest absolute Gasteiger partial charge is 0.276 e. The lowest BCUT2D eigenvalue weighted by Gasteiger charge is -2.31. The van der Waals surface area contributed by atoms with Crippen LogP contribution >= 0.6 is 0 Å². The number of hydrogen-bond acceptors (Lipinski definition) is 7. The molecule has 9 heteroatoms. The summed E-state index contributed by atoms with van der Waals surface area (Å²) in [7, 11) is 1.57. The Bertz CT molecular complexity index is 1170. The van der Waals surface area contributed by atoms with Gasteiger partial charge in [-0.3, -0.25) is 4.79 Å². The molecule has 9 nitrogen and oxygen atoms in total. The van der Waals surface area contributed by atoms with Gasteiger partial charge in [0.1, 0.15) is 11.4 Å². The van der Waals surface area contributed by atoms with E-state index in [1.165, 1.54) is 0 Å². The fourth-order valence-corrected chi connectivity index (χ4v) is 4.21. The molecule has 5 rings (SSSR count). The average Bonchev–Trinajstić information content (AvgIpc) is 3.42. The molecule has 1 saturated heterocycles. The number of fused-ring (bicyclic) bond motifs is 1. The molecule has 0 unspecified atom stereocenters. The van der Waals surface area contributed by atoms with Crippen LogP contribution in [0.5, 0.6) is 11.6 Å². The van der Waals surface area contributed by atoms with Gasteiger partial charge < -0.3 is 24.4 Å². The van der Waals surface area contributed by atoms with Gasteiger partial charge in [0.2, 0.25) is 5.88 Å². The van der Waals surface area contributed by atoms with Crippen LogP contribution in [-0.4, -0.2) is 59.7 Å². The van der Waals surface area contributed by atoms with Crippen LogP contribution < -0.4 is 19.7 Å². The van der Waals surface area contributed by atoms with Gasteiger partial charge in [-0.25, -0.2) is 9.67 Å². The number of benzene rings is 1. The first kappa shape index (κ1) is 21.3. The zero-order chi connectivity index (χ0) is 23.0. The van der Waals surface area contributed by atoms with Crippen molar-refractivity contribution >= 4 is 17.3 Å². The Balaban J connectivity index is 1.41. The molecule has 0 atom stereocenters. The van der Waals surface area contributed by atoms with Gasteiger partial charge in [0.15, 0.2) is 5.69 Å². The van der Waals surface area contributed by atoms with Gasteiger partial charge in [-0.1, -0.05) is 0 Å². The second-order valence-electron chi connectivity index (χ2n) is 8.77. The maximum atomic E-state index is 13.1. The van der Waals surface area contributed by atoms with Gasteiger partial charge in [-0.2, -0.15) is 5.10 Å². The fourth-order valence-electron chi connectivity index (χ4n) is 4.21. The van der Waals surface area contributed by atoms with Crippen molar-refractivity contribution in [3.8, 4) is 17.3 Å². The first-order chi connectivity index (χ1) is 15.9. The number of ether oxygens (including phenoxy) is 3. The maximum absolute atomic E-state index is 13.1. The lowest BCUT2D eigenvalue weighted by atomic mass is 10.0. The Morgan fingerprint density at radius 2 is 2.00 bits per heavy atom. The van der Waals surface area contributed by atoms with Crippen molar-refractivity contribution in [1.82, 2.24) is 14.8 Å². The van der Waals surface area contributed by atoms with Crippen molar-refractivity contribution in [2.75, 3.05) is 43.6 Å². The minimum absolute atomic E-state index is 0.265. The van der Waals surface area contributed by atoms with Gasteiger partial charge >= 0.3 is 0 Å². The summed E-state index contributed by atoms with van der Waals surface area (Å²) >= 11 is 0. The third kappa shape index (κ3) is 4.36. The Labute approximate surface area is 192 Å². The summed E-state index contributed by atoms with van der Waals surface area (Å²) in [4.78, 5) is 19.5. The second-order valence-corrected chi connectivity index (χ2v) is 8.77. The third-order valence-electron chi connectivity index (χ3n) is 5.80. The number of anilines is 2. The number of amides is 1. The lowest BCUT2D eigenvalue weighted by Crippen LogP contribution is -2.36. The number of nitrogens with one attached hydrogen (secondary N) is 1. The number of carbonyl (C=O) groups is 1. The van der Waals surface area contributed by atoms with E-state index in [1.807, 2.05) is 18.2 Å². The predicted octanol–water partition coefficient (Wildman–Crippen LogP) is 3.08. The highest BCUT2D eigenvalue weighted by Crippen LogP contribution is 2.41. The summed E-state index contributed by atoms with van der Waals surface area (Å²) in [6.45, 7) is 6.95. The van der Waals surface area contributed by atoms with E-state index in [2.05, 4.69) is 34.1 Å². The van der Waals surface area contributed by atoms with E-state index >= 15 is 0 Å². The van der Waals surface area contributed by atoms with Gasteiger partial charge in [0.25, 0.3) is 5.91 Å². The Morgan fingerprint density at radius 3 is 2.73 bits per heavy atom. The number of aromatic nitrogens is 3. The van der Waals surface area contributed by atoms with Crippen molar-refractivity contribution in [2.45, 2.75) is 25.9 Å². The zero-order valence-electron chi connectivity index (χ0n) is 19.0. The Kier molecular flexibility index (Phi) is 5.41. The highest BCUT2D eigenvalue weighted by atomic mass is 16.5. The molecule has 2 aromatic heterocycles. The van der Waals surface area contributed by atoms with Gasteiger partial charge in [0.05, 0.1) is 43.6 Å². The molecule has 4 heterocycles. The number of rotatable bonds is 5. The molecule has 1 amide bonds. The molecule has 0 bridgehead atoms. The van der Waals surface area contributed by atoms with Gasteiger partial charge in [-0.15, -0.1) is 0 Å². The van der Waals surface area contributed by atoms with E-state index in [-0.39, 0.29) is 11.5 Å². The summed E-state index contributed by atoms with van der Waals surface area (Å²) in [5.41, 5.74) is 3.56. The van der Waals surface area contributed by atoms with Crippen molar-refractivity contribution < 1.29 is 19.0 Å². The number of methoxy groups -OCH3 is 1. The molecular formula is C24H27N5O4. The zero-order valence-corrected chi connectivity index (χ0v) is 19.0. The first-order valence-corrected chi connectivity index (χ1v) is 11.0. The van der Waals surface area contributed by atoms with Crippen LogP contribution in [0.15, 0.2) is 42.7 Å². The molecule has 2 aliphatic rings. The quantitative estimate of drug-likeness (QED) is 0.640. The van der Waals surface area contributed by atoms with Crippen LogP contribution in [0, 0.1) is 0 Å². The number of carbonyl (C=O) groups excluding carboxylic acids is 1. The molecular weight excluding hydrogens is 422 g/mol. The molecule has 0 radical (unpaired) electrons. The summed E-state index contributed by atoms with van der Waals surface area (Å²) in [5.74, 6) is 1.11. The van der Waals surface area contributed by atoms with Crippen LogP contribution in [0.25, 0.3) is 5.69 Å². The standard InChI is InChI=1S/C24H27N5O4/c1-24(2)14-16-12-19(20(13-21(16)33-24)28-8-10-32-11-9-28)26-23(30)18-6-7-29(27-18)17-4-5-22(31-3)25-15-17/h4-7,12-13,15H,8-11,14H2,1-3H3,(H,26,30). The van der Waals surface area contributed by atoms with Gasteiger partial charge in [-0.05, 0) is 32.0 Å². The summed E-state index contributed by atoms with van der Waals surface area (Å²) in [5, 5.41) is 7.51. The van der Waals surface area contributed by atoms with Crippen LogP contribution in [0.2, 0.25) is 0 Å². The van der Waals surface area contributed by atoms with E-state index in [1.54, 1.807) is 36.3 Å². The topological polar surface area (TPSA) is 90.7 Å². The van der Waals surface area contributed by atoms with Crippen molar-refractivity contribution in [3.05, 3.63) is 54.0 Å². The third-order valence-corrected chi connectivity index (χ3v) is 5.80. The molecule has 1 aromatic carbocycles. The van der Waals surface area contributed by atoms with E-state index < -0.39 is 0 Å². The van der Waals surface area contributed by atoms with Crippen LogP contribution in [-0.2, 0) is 11.2 Å². The lowest BCUT2D eigenvalue weighted by molar-refractivity contribution is 0.102. The largest absolute Gasteiger partial charge is 0.487 e. The first-order valence-electron chi connectivity index (χ1n) is 11.0. The summed E-state index contributed by atoms with van der Waals surface area (Å²) in [6.07, 6.45) is 4.17. The minimum atomic E-state index is -0.275. The molecule has 2 aliphatic heterocycles. The van der Waals surface area contributed by atoms with E-state index in [4.69, 9.17) is 14.2 Å². The Hall–Kier alpha value is -3.59. The van der Waals surface area contributed by atoms with Crippen molar-refractivity contribution in [1.29, 1.82) is 0 Å². The maximum Gasteiger partial charge on any atom is 0.276 e. The molecule has 0 saturated carbocycles. The van der Waals surface area contributed by atoms with Crippen molar-refractivity contribution in [3.63, 3.8) is 0 Å². The molecule has 1 fully saturated rings. The highest BCUT2D eigenvalue weighted by Gasteiger charge is 2.32. The number of pyridine rings is 1. The minimum Gasteiger partial charge on any atom is -0.487 e. The molecule has 1 N–H and O–H groups in total. The number of morpholine rings is 1. The molecule has 0 spiro atoms. The normalized spacial score (nSPS) is 16.8. The second kappa shape index (κ2) is 8.40. The molecule has 0 aliphatic carbocycles. The van der Waals surface area contributed by atoms with E-state index in [0.717, 1.165) is 47.9 Å². The number of nitrogens with zero attached hydrogens (tertiary/aromatic N) is 4. The number of hydrogen-bond donors (Lipinski definition) is 1. The molecule has 172 valence electrons. The van der Waals surface area contributed by atoms with Crippen molar-refractivity contribution in [2.24, 2.45) is 0 Å². The monoisotopic (exact) mass is 449 g/mol.